The van der Waals surface area contributed by atoms with Gasteiger partial charge in [0, 0.05) is 25.1 Å². The number of amides is 2. The van der Waals surface area contributed by atoms with Crippen LogP contribution in [-0.4, -0.2) is 58.2 Å². The second-order valence-electron chi connectivity index (χ2n) is 8.61. The molecule has 0 bridgehead atoms. The summed E-state index contributed by atoms with van der Waals surface area (Å²) in [6.07, 6.45) is 2.31. The second-order valence-corrected chi connectivity index (χ2v) is 8.61. The number of carbonyl (C=O) groups is 3. The lowest BCUT2D eigenvalue weighted by Crippen LogP contribution is -2.57. The van der Waals surface area contributed by atoms with Gasteiger partial charge in [-0.25, -0.2) is 4.79 Å². The van der Waals surface area contributed by atoms with Crippen LogP contribution in [0.4, 0.5) is 10.5 Å². The van der Waals surface area contributed by atoms with Crippen molar-refractivity contribution in [2.45, 2.75) is 24.4 Å². The molecule has 1 atom stereocenters. The van der Waals surface area contributed by atoms with Crippen molar-refractivity contribution in [3.63, 3.8) is 0 Å². The van der Waals surface area contributed by atoms with E-state index in [0.29, 0.717) is 12.3 Å². The number of carboxylic acids is 1. The maximum absolute atomic E-state index is 13.1. The summed E-state index contributed by atoms with van der Waals surface area (Å²) in [6.45, 7) is 0.0874. The highest BCUT2D eigenvalue weighted by Gasteiger charge is 2.44. The number of alkyl carbamates (subject to hydrolysis) is 1. The molecule has 10 heteroatoms. The van der Waals surface area contributed by atoms with Gasteiger partial charge in [-0.2, -0.15) is 5.10 Å². The van der Waals surface area contributed by atoms with Crippen molar-refractivity contribution in [2.75, 3.05) is 25.1 Å². The average molecular weight is 476 g/mol. The van der Waals surface area contributed by atoms with Crippen molar-refractivity contribution in [2.24, 2.45) is 0 Å². The van der Waals surface area contributed by atoms with Crippen LogP contribution < -0.4 is 10.6 Å². The summed E-state index contributed by atoms with van der Waals surface area (Å²) in [5.41, 5.74) is 3.45. The van der Waals surface area contributed by atoms with Gasteiger partial charge in [0.1, 0.15) is 18.7 Å². The van der Waals surface area contributed by atoms with Gasteiger partial charge in [-0.1, -0.05) is 48.5 Å². The number of carboxylic acid groups (broad SMARTS) is 1. The maximum Gasteiger partial charge on any atom is 0.408 e. The molecule has 1 aromatic heterocycles. The van der Waals surface area contributed by atoms with Gasteiger partial charge in [0.15, 0.2) is 0 Å². The Balaban J connectivity index is 1.25. The minimum atomic E-state index is -1.31. The zero-order valence-corrected chi connectivity index (χ0v) is 18.8. The minimum absolute atomic E-state index is 0.00765. The predicted molar refractivity (Wildman–Crippen MR) is 125 cm³/mol. The first-order chi connectivity index (χ1) is 16.9. The Labute approximate surface area is 200 Å². The number of benzene rings is 2. The monoisotopic (exact) mass is 476 g/mol. The molecule has 10 nitrogen and oxygen atoms in total. The fraction of sp³-hybridized carbons (Fsp3) is 0.280. The number of hydrogen-bond donors (Lipinski definition) is 3. The summed E-state index contributed by atoms with van der Waals surface area (Å²) in [5, 5.41) is 18.2. The van der Waals surface area contributed by atoms with Crippen molar-refractivity contribution < 1.29 is 29.0 Å². The van der Waals surface area contributed by atoms with Crippen LogP contribution in [0.3, 0.4) is 0 Å². The Morgan fingerprint density at radius 3 is 2.43 bits per heavy atom. The first kappa shape index (κ1) is 22.6. The van der Waals surface area contributed by atoms with Crippen LogP contribution in [0, 0.1) is 0 Å². The van der Waals surface area contributed by atoms with E-state index >= 15 is 0 Å². The molecule has 0 spiro atoms. The van der Waals surface area contributed by atoms with Gasteiger partial charge >= 0.3 is 12.1 Å². The zero-order chi connectivity index (χ0) is 24.4. The number of anilines is 1. The van der Waals surface area contributed by atoms with E-state index < -0.39 is 23.5 Å². The topological polar surface area (TPSA) is 132 Å². The highest BCUT2D eigenvalue weighted by atomic mass is 16.6. The molecule has 2 amide bonds. The summed E-state index contributed by atoms with van der Waals surface area (Å²) in [5.74, 6) is -1.64. The fourth-order valence-corrected chi connectivity index (χ4v) is 4.63. The third-order valence-corrected chi connectivity index (χ3v) is 6.33. The molecule has 3 aromatic rings. The molecule has 1 saturated heterocycles. The molecule has 5 rings (SSSR count). The highest BCUT2D eigenvalue weighted by molar-refractivity contribution is 6.00. The number of carbonyl (C=O) groups excluding carboxylic acids is 2. The van der Waals surface area contributed by atoms with Crippen molar-refractivity contribution in [1.82, 2.24) is 15.1 Å². The standard InChI is InChI=1S/C25H24N4O6/c30-22(31)13-29-12-16(11-26-29)27-23(32)25(9-10-34-15-25)28-24(33)35-14-21-19-7-3-1-5-17(19)18-6-2-4-8-20(18)21/h1-8,11-12,21H,9-10,13-15H2,(H,27,32)(H,28,33)(H,30,31). The van der Waals surface area contributed by atoms with Crippen molar-refractivity contribution in [3.05, 3.63) is 72.1 Å². The van der Waals surface area contributed by atoms with E-state index in [-0.39, 0.29) is 32.1 Å². The van der Waals surface area contributed by atoms with Gasteiger partial charge in [-0.15, -0.1) is 0 Å². The van der Waals surface area contributed by atoms with Gasteiger partial charge in [0.05, 0.1) is 18.5 Å². The van der Waals surface area contributed by atoms with E-state index in [1.807, 2.05) is 36.4 Å². The van der Waals surface area contributed by atoms with E-state index in [1.165, 1.54) is 17.1 Å². The summed E-state index contributed by atoms with van der Waals surface area (Å²) in [7, 11) is 0. The number of nitrogens with one attached hydrogen (secondary N) is 2. The van der Waals surface area contributed by atoms with E-state index in [4.69, 9.17) is 14.6 Å². The quantitative estimate of drug-likeness (QED) is 0.478. The molecule has 2 aromatic carbocycles. The second kappa shape index (κ2) is 9.22. The van der Waals surface area contributed by atoms with E-state index in [9.17, 15) is 14.4 Å². The van der Waals surface area contributed by atoms with Crippen LogP contribution >= 0.6 is 0 Å². The van der Waals surface area contributed by atoms with E-state index in [1.54, 1.807) is 0 Å². The lowest BCUT2D eigenvalue weighted by atomic mass is 9.97. The van der Waals surface area contributed by atoms with Crippen LogP contribution in [0.2, 0.25) is 0 Å². The van der Waals surface area contributed by atoms with Gasteiger partial charge in [-0.05, 0) is 22.3 Å². The Hall–Kier alpha value is -4.18. The highest BCUT2D eigenvalue weighted by Crippen LogP contribution is 2.44. The lowest BCUT2D eigenvalue weighted by Gasteiger charge is -2.27. The van der Waals surface area contributed by atoms with Gasteiger partial charge in [0.2, 0.25) is 0 Å². The van der Waals surface area contributed by atoms with Crippen molar-refractivity contribution in [3.8, 4) is 11.1 Å². The molecular formula is C25H24N4O6. The first-order valence-electron chi connectivity index (χ1n) is 11.2. The lowest BCUT2D eigenvalue weighted by molar-refractivity contribution is -0.137. The van der Waals surface area contributed by atoms with Crippen LogP contribution in [0.1, 0.15) is 23.5 Å². The SMILES string of the molecule is O=C(O)Cn1cc(NC(=O)C2(NC(=O)OCC3c4ccccc4-c4ccccc43)CCOC2)cn1. The number of hydrogen-bond acceptors (Lipinski definition) is 6. The first-order valence-corrected chi connectivity index (χ1v) is 11.2. The van der Waals surface area contributed by atoms with Gasteiger partial charge < -0.3 is 25.2 Å². The molecule has 1 aliphatic carbocycles. The predicted octanol–water partition coefficient (Wildman–Crippen LogP) is 2.60. The molecule has 1 unspecified atom stereocenters. The molecule has 0 saturated carbocycles. The molecule has 2 heterocycles. The third-order valence-electron chi connectivity index (χ3n) is 6.33. The molecule has 1 fully saturated rings. The number of fused-ring (bicyclic) bond motifs is 3. The molecule has 35 heavy (non-hydrogen) atoms. The molecular weight excluding hydrogens is 452 g/mol. The number of ether oxygens (including phenoxy) is 2. The number of aromatic nitrogens is 2. The number of nitrogens with zero attached hydrogens (tertiary/aromatic N) is 2. The zero-order valence-electron chi connectivity index (χ0n) is 18.8. The smallest absolute Gasteiger partial charge is 0.408 e. The molecule has 0 radical (unpaired) electrons. The third kappa shape index (κ3) is 4.47. The summed E-state index contributed by atoms with van der Waals surface area (Å²) < 4.78 is 12.2. The number of aliphatic carboxylic acids is 1. The summed E-state index contributed by atoms with van der Waals surface area (Å²) in [4.78, 5) is 36.7. The van der Waals surface area contributed by atoms with Crippen molar-refractivity contribution >= 4 is 23.7 Å². The van der Waals surface area contributed by atoms with Crippen molar-refractivity contribution in [1.29, 1.82) is 0 Å². The molecule has 2 aliphatic rings. The maximum atomic E-state index is 13.1. The van der Waals surface area contributed by atoms with E-state index in [0.717, 1.165) is 22.3 Å². The molecule has 3 N–H and O–H groups in total. The molecule has 1 aliphatic heterocycles. The largest absolute Gasteiger partial charge is 0.480 e. The van der Waals surface area contributed by atoms with E-state index in [2.05, 4.69) is 27.9 Å². The van der Waals surface area contributed by atoms with Crippen LogP contribution in [0.25, 0.3) is 11.1 Å². The Kier molecular flexibility index (Phi) is 5.96. The minimum Gasteiger partial charge on any atom is -0.480 e. The Morgan fingerprint density at radius 2 is 1.80 bits per heavy atom. The number of rotatable bonds is 7. The Morgan fingerprint density at radius 1 is 1.11 bits per heavy atom. The van der Waals surface area contributed by atoms with Crippen LogP contribution in [0.5, 0.6) is 0 Å². The van der Waals surface area contributed by atoms with Gasteiger partial charge in [-0.3, -0.25) is 14.3 Å². The summed E-state index contributed by atoms with van der Waals surface area (Å²) >= 11 is 0. The Bertz CT molecular complexity index is 1230. The fourth-order valence-electron chi connectivity index (χ4n) is 4.63. The molecule has 180 valence electrons. The normalized spacial score (nSPS) is 18.5. The van der Waals surface area contributed by atoms with Crippen LogP contribution in [-0.2, 0) is 25.6 Å². The van der Waals surface area contributed by atoms with Crippen LogP contribution in [0.15, 0.2) is 60.9 Å². The average Bonchev–Trinajstić information content (AvgIpc) is 3.56. The summed E-state index contributed by atoms with van der Waals surface area (Å²) in [6, 6.07) is 16.1. The van der Waals surface area contributed by atoms with Gasteiger partial charge in [0.25, 0.3) is 5.91 Å².